The maximum absolute atomic E-state index is 4.35. The molecule has 0 aliphatic rings. The summed E-state index contributed by atoms with van der Waals surface area (Å²) in [7, 11) is 0. The third-order valence-electron chi connectivity index (χ3n) is 0.172. The first-order chi connectivity index (χ1) is 3.06. The number of halogens is 3. The molecule has 0 aromatic heterocycles. The van der Waals surface area contributed by atoms with Gasteiger partial charge in [-0.1, -0.05) is 0 Å². The summed E-state index contributed by atoms with van der Waals surface area (Å²) >= 11 is 11.8. The molecular weight excluding hydrogens is 417 g/mol. The van der Waals surface area contributed by atoms with Gasteiger partial charge in [0.2, 0.25) is 0 Å². The summed E-state index contributed by atoms with van der Waals surface area (Å²) < 4.78 is 3.78. The van der Waals surface area contributed by atoms with Crippen LogP contribution < -0.4 is 0 Å². The fourth-order valence-electron chi connectivity index (χ4n) is 0.0518. The van der Waals surface area contributed by atoms with Crippen molar-refractivity contribution in [3.05, 3.63) is 0 Å². The Hall–Kier alpha value is 2.04. The first kappa shape index (κ1) is 9.04. The quantitative estimate of drug-likeness (QED) is 0.364. The van der Waals surface area contributed by atoms with Gasteiger partial charge in [0.1, 0.15) is 0 Å². The van der Waals surface area contributed by atoms with Gasteiger partial charge in [-0.25, -0.2) is 0 Å². The summed E-state index contributed by atoms with van der Waals surface area (Å²) in [6.07, 6.45) is 0. The molecule has 0 N–H and O–H groups in total. The molecule has 0 aromatic carbocycles. The summed E-state index contributed by atoms with van der Waals surface area (Å²) in [5.41, 5.74) is 0. The Morgan fingerprint density at radius 3 is 1.86 bits per heavy atom. The van der Waals surface area contributed by atoms with Crippen LogP contribution in [-0.2, 0) is 0 Å². The summed E-state index contributed by atoms with van der Waals surface area (Å²) in [4.78, 5) is 0. The molecule has 0 atom stereocenters. The number of hydrogen-bond donors (Lipinski definition) is 0. The van der Waals surface area contributed by atoms with E-state index in [1.54, 1.807) is 0 Å². The topological polar surface area (TPSA) is 12.4 Å². The van der Waals surface area contributed by atoms with E-state index in [0.29, 0.717) is 0 Å². The average Bonchev–Trinajstić information content (AvgIpc) is 1.30. The van der Waals surface area contributed by atoms with Crippen LogP contribution in [0.5, 0.6) is 0 Å². The normalized spacial score (nSPS) is 10.1. The molecule has 0 saturated heterocycles. The molecule has 40 valence electrons. The Labute approximate surface area is 69.5 Å². The van der Waals surface area contributed by atoms with Crippen LogP contribution in [0.15, 0.2) is 3.21 Å². The van der Waals surface area contributed by atoms with E-state index in [4.69, 9.17) is 0 Å². The Morgan fingerprint density at radius 1 is 1.43 bits per heavy atom. The van der Waals surface area contributed by atoms with Crippen LogP contribution in [0.25, 0.3) is 0 Å². The second kappa shape index (κ2) is 3.95. The zero-order chi connectivity index (χ0) is 5.91. The molecule has 1 nitrogen and oxygen atoms in total. The van der Waals surface area contributed by atoms with E-state index in [9.17, 15) is 0 Å². The van der Waals surface area contributed by atoms with Crippen molar-refractivity contribution < 1.29 is 0 Å². The molecule has 0 rings (SSSR count). The minimum atomic E-state index is -2.43. The molecule has 0 heterocycles. The van der Waals surface area contributed by atoms with Crippen LogP contribution in [-0.4, -0.2) is 17.1 Å². The van der Waals surface area contributed by atoms with Crippen LogP contribution in [0.1, 0.15) is 0 Å². The van der Waals surface area contributed by atoms with Crippen molar-refractivity contribution in [1.29, 1.82) is 0 Å². The average molecular weight is 417 g/mol. The van der Waals surface area contributed by atoms with E-state index in [0.717, 1.165) is 0 Å². The van der Waals surface area contributed by atoms with Crippen molar-refractivity contribution in [1.82, 2.24) is 0 Å². The third kappa shape index (κ3) is 8.04. The molecule has 0 radical (unpaired) electrons. The van der Waals surface area contributed by atoms with E-state index in [1.807, 2.05) is 0 Å². The van der Waals surface area contributed by atoms with Gasteiger partial charge in [0.25, 0.3) is 0 Å². The van der Waals surface area contributed by atoms with E-state index in [1.165, 1.54) is 0 Å². The van der Waals surface area contributed by atoms with Crippen LogP contribution >= 0.6 is 50.3 Å². The first-order valence-corrected chi connectivity index (χ1v) is 22.1. The number of hydrogen-bond acceptors (Lipinski definition) is 2. The molecule has 0 unspecified atom stereocenters. The summed E-state index contributed by atoms with van der Waals surface area (Å²) in [6.45, 7) is 0. The van der Waals surface area contributed by atoms with Gasteiger partial charge in [-0.15, -0.1) is 0 Å². The molecule has 6 heteroatoms. The Balaban J connectivity index is 3.80. The molecule has 0 fully saturated rings. The Morgan fingerprint density at radius 2 is 1.86 bits per heavy atom. The van der Waals surface area contributed by atoms with Crippen molar-refractivity contribution in [2.24, 2.45) is 3.21 Å². The molecule has 0 aliphatic heterocycles. The first-order valence-electron chi connectivity index (χ1n) is 1.22. The summed E-state index contributed by atoms with van der Waals surface area (Å²) in [6, 6.07) is 0. The predicted molar refractivity (Wildman–Crippen MR) is 47.6 cm³/mol. The van der Waals surface area contributed by atoms with E-state index < -0.39 is 12.0 Å². The van der Waals surface area contributed by atoms with E-state index in [-0.39, 0.29) is 0 Å². The van der Waals surface area contributed by atoms with Gasteiger partial charge in [0.05, 0.1) is 0 Å². The number of thiocarbonyl (C=S) groups is 1. The van der Waals surface area contributed by atoms with E-state index in [2.05, 4.69) is 58.7 Å². The van der Waals surface area contributed by atoms with Crippen LogP contribution in [0.3, 0.4) is 0 Å². The SMILES string of the molecule is S=C=[N][Sn]([Br])([Br])[Br]. The van der Waals surface area contributed by atoms with Crippen molar-refractivity contribution in [2.45, 2.75) is 0 Å². The Kier molecular flexibility index (Phi) is 5.10. The molecule has 0 aliphatic carbocycles. The van der Waals surface area contributed by atoms with Gasteiger partial charge >= 0.3 is 70.7 Å². The molecule has 0 aromatic rings. The van der Waals surface area contributed by atoms with Crippen molar-refractivity contribution in [3.63, 3.8) is 0 Å². The molecule has 0 saturated carbocycles. The standard InChI is InChI=1S/CNS.3BrH.Sn/c2-1-3;;;;/h;3*1H;/q-1;;;;+4/p-3. The molecule has 7 heavy (non-hydrogen) atoms. The monoisotopic (exact) mass is 415 g/mol. The maximum atomic E-state index is 4.35. The fraction of sp³-hybridized carbons (Fsp3) is 0. The third-order valence-corrected chi connectivity index (χ3v) is 5.34. The number of nitrogens with zero attached hydrogens (tertiary/aromatic N) is 1. The van der Waals surface area contributed by atoms with Crippen molar-refractivity contribution in [2.75, 3.05) is 0 Å². The van der Waals surface area contributed by atoms with Gasteiger partial charge in [-0.3, -0.25) is 0 Å². The molecular formula is CBr3NSSn. The van der Waals surface area contributed by atoms with Crippen LogP contribution in [0, 0.1) is 0 Å². The molecule has 0 bridgehead atoms. The summed E-state index contributed by atoms with van der Waals surface area (Å²) in [5, 5.41) is 2.27. The number of isothiocyanates is 1. The zero-order valence-electron chi connectivity index (χ0n) is 2.99. The van der Waals surface area contributed by atoms with E-state index >= 15 is 0 Å². The van der Waals surface area contributed by atoms with Crippen LogP contribution in [0.2, 0.25) is 0 Å². The fourth-order valence-corrected chi connectivity index (χ4v) is 5.41. The zero-order valence-corrected chi connectivity index (χ0v) is 11.4. The summed E-state index contributed by atoms with van der Waals surface area (Å²) in [5.74, 6) is 0. The minimum absolute atomic E-state index is 2.27. The number of rotatable bonds is 1. The molecule has 0 amide bonds. The van der Waals surface area contributed by atoms with Crippen molar-refractivity contribution in [3.8, 4) is 0 Å². The Bertz CT molecular complexity index is 102. The van der Waals surface area contributed by atoms with Gasteiger partial charge in [-0.05, 0) is 0 Å². The van der Waals surface area contributed by atoms with Gasteiger partial charge < -0.3 is 0 Å². The van der Waals surface area contributed by atoms with Gasteiger partial charge in [-0.2, -0.15) is 0 Å². The molecule has 0 spiro atoms. The van der Waals surface area contributed by atoms with Gasteiger partial charge in [0.15, 0.2) is 0 Å². The van der Waals surface area contributed by atoms with Gasteiger partial charge in [0, 0.05) is 0 Å². The van der Waals surface area contributed by atoms with Crippen LogP contribution in [0.4, 0.5) is 0 Å². The van der Waals surface area contributed by atoms with Crippen molar-refractivity contribution >= 4 is 67.5 Å². The second-order valence-electron chi connectivity index (χ2n) is 0.671. The predicted octanol–water partition coefficient (Wildman–Crippen LogP) is 2.71. The second-order valence-corrected chi connectivity index (χ2v) is 48.7.